The van der Waals surface area contributed by atoms with Crippen LogP contribution in [0.2, 0.25) is 0 Å². The Morgan fingerprint density at radius 3 is 2.00 bits per heavy atom. The average Bonchev–Trinajstić information content (AvgIpc) is 2.47. The first-order valence-corrected chi connectivity index (χ1v) is 6.54. The van der Waals surface area contributed by atoms with Gasteiger partial charge >= 0.3 is 7.12 Å². The van der Waals surface area contributed by atoms with E-state index in [2.05, 4.69) is 0 Å². The Kier molecular flexibility index (Phi) is 3.62. The molecule has 1 heterocycles. The molecule has 19 heavy (non-hydrogen) atoms. The Labute approximate surface area is 114 Å². The van der Waals surface area contributed by atoms with Gasteiger partial charge in [-0.2, -0.15) is 0 Å². The van der Waals surface area contributed by atoms with E-state index >= 15 is 0 Å². The maximum atomic E-state index is 12.9. The van der Waals surface area contributed by atoms with E-state index in [0.717, 1.165) is 5.69 Å². The summed E-state index contributed by atoms with van der Waals surface area (Å²) in [7, 11) is 1.67. The highest BCUT2D eigenvalue weighted by atomic mass is 19.1. The van der Waals surface area contributed by atoms with Crippen molar-refractivity contribution in [3.8, 4) is 0 Å². The van der Waals surface area contributed by atoms with E-state index < -0.39 is 0 Å². The van der Waals surface area contributed by atoms with Gasteiger partial charge in [-0.1, -0.05) is 0 Å². The van der Waals surface area contributed by atoms with E-state index in [1.54, 1.807) is 12.1 Å². The average molecular weight is 265 g/mol. The molecule has 5 heteroatoms. The van der Waals surface area contributed by atoms with Gasteiger partial charge in [-0.05, 0) is 52.0 Å². The smallest absolute Gasteiger partial charge is 0.402 e. The molecule has 0 atom stereocenters. The molecule has 1 fully saturated rings. The lowest BCUT2D eigenvalue weighted by molar-refractivity contribution is 0.00578. The number of hydrogen-bond acceptors (Lipinski definition) is 3. The highest BCUT2D eigenvalue weighted by Gasteiger charge is 2.51. The lowest BCUT2D eigenvalue weighted by Crippen LogP contribution is -2.41. The molecule has 1 saturated heterocycles. The van der Waals surface area contributed by atoms with E-state index in [-0.39, 0.29) is 24.1 Å². The van der Waals surface area contributed by atoms with Gasteiger partial charge in [-0.15, -0.1) is 0 Å². The molecule has 0 bridgehead atoms. The van der Waals surface area contributed by atoms with Crippen LogP contribution in [0, 0.1) is 5.82 Å². The summed E-state index contributed by atoms with van der Waals surface area (Å²) in [5.74, 6) is -0.229. The number of rotatable bonds is 3. The van der Waals surface area contributed by atoms with Crippen molar-refractivity contribution < 1.29 is 13.7 Å². The zero-order valence-electron chi connectivity index (χ0n) is 12.2. The number of nitrogens with zero attached hydrogens (tertiary/aromatic N) is 1. The van der Waals surface area contributed by atoms with E-state index in [1.807, 2.05) is 39.6 Å². The van der Waals surface area contributed by atoms with Crippen molar-refractivity contribution in [3.63, 3.8) is 0 Å². The van der Waals surface area contributed by atoms with Crippen molar-refractivity contribution in [2.24, 2.45) is 0 Å². The number of benzene rings is 1. The highest BCUT2D eigenvalue weighted by Crippen LogP contribution is 2.36. The van der Waals surface area contributed by atoms with Gasteiger partial charge in [0.15, 0.2) is 0 Å². The fraction of sp³-hybridized carbons (Fsp3) is 0.571. The van der Waals surface area contributed by atoms with Gasteiger partial charge in [-0.3, -0.25) is 0 Å². The van der Waals surface area contributed by atoms with Crippen LogP contribution in [0.3, 0.4) is 0 Å². The summed E-state index contributed by atoms with van der Waals surface area (Å²) < 4.78 is 24.8. The molecule has 2 rings (SSSR count). The van der Waals surface area contributed by atoms with Crippen LogP contribution >= 0.6 is 0 Å². The quantitative estimate of drug-likeness (QED) is 0.784. The minimum Gasteiger partial charge on any atom is -0.402 e. The molecule has 1 aliphatic rings. The van der Waals surface area contributed by atoms with Crippen LogP contribution in [0.15, 0.2) is 24.3 Å². The first-order chi connectivity index (χ1) is 8.71. The van der Waals surface area contributed by atoms with Crippen molar-refractivity contribution in [2.75, 3.05) is 18.4 Å². The van der Waals surface area contributed by atoms with Gasteiger partial charge in [0.1, 0.15) is 5.82 Å². The Morgan fingerprint density at radius 2 is 1.53 bits per heavy atom. The number of halogens is 1. The van der Waals surface area contributed by atoms with Crippen LogP contribution in [0.5, 0.6) is 0 Å². The molecule has 1 aromatic carbocycles. The fourth-order valence-corrected chi connectivity index (χ4v) is 2.06. The normalized spacial score (nSPS) is 20.6. The third-order valence-electron chi connectivity index (χ3n) is 3.99. The number of hydrogen-bond donors (Lipinski definition) is 0. The van der Waals surface area contributed by atoms with Crippen LogP contribution in [-0.4, -0.2) is 31.8 Å². The summed E-state index contributed by atoms with van der Waals surface area (Å²) >= 11 is 0. The number of anilines is 1. The van der Waals surface area contributed by atoms with Gasteiger partial charge in [0, 0.05) is 12.7 Å². The predicted molar refractivity (Wildman–Crippen MR) is 75.8 cm³/mol. The Hall–Kier alpha value is -1.07. The van der Waals surface area contributed by atoms with E-state index in [1.165, 1.54) is 12.1 Å². The zero-order valence-corrected chi connectivity index (χ0v) is 12.2. The van der Waals surface area contributed by atoms with Crippen molar-refractivity contribution in [3.05, 3.63) is 30.1 Å². The second-order valence-electron chi connectivity index (χ2n) is 6.04. The summed E-state index contributed by atoms with van der Waals surface area (Å²) in [6, 6.07) is 6.41. The molecule has 0 unspecified atom stereocenters. The third kappa shape index (κ3) is 2.93. The van der Waals surface area contributed by atoms with E-state index in [4.69, 9.17) is 9.31 Å². The Bertz CT molecular complexity index is 431. The lowest BCUT2D eigenvalue weighted by Gasteiger charge is -2.32. The first kappa shape index (κ1) is 14.3. The summed E-state index contributed by atoms with van der Waals surface area (Å²) in [5, 5.41) is 0. The van der Waals surface area contributed by atoms with Gasteiger partial charge in [0.05, 0.1) is 17.6 Å². The molecule has 3 nitrogen and oxygen atoms in total. The summed E-state index contributed by atoms with van der Waals surface area (Å²) in [5.41, 5.74) is 0.305. The van der Waals surface area contributed by atoms with Gasteiger partial charge in [0.25, 0.3) is 0 Å². The van der Waals surface area contributed by atoms with Crippen LogP contribution in [-0.2, 0) is 9.31 Å². The van der Waals surface area contributed by atoms with Crippen molar-refractivity contribution >= 4 is 12.8 Å². The summed E-state index contributed by atoms with van der Waals surface area (Å²) in [6.07, 6.45) is 0.610. The molecule has 0 aliphatic carbocycles. The summed E-state index contributed by atoms with van der Waals surface area (Å²) in [4.78, 5) is 2.00. The topological polar surface area (TPSA) is 21.7 Å². The molecule has 0 N–H and O–H groups in total. The van der Waals surface area contributed by atoms with E-state index in [9.17, 15) is 4.39 Å². The van der Waals surface area contributed by atoms with Gasteiger partial charge in [0.2, 0.25) is 0 Å². The molecule has 0 spiro atoms. The van der Waals surface area contributed by atoms with Gasteiger partial charge in [-0.25, -0.2) is 4.39 Å². The Morgan fingerprint density at radius 1 is 1.05 bits per heavy atom. The summed E-state index contributed by atoms with van der Waals surface area (Å²) in [6.45, 7) is 8.13. The predicted octanol–water partition coefficient (Wildman–Crippen LogP) is 2.89. The van der Waals surface area contributed by atoms with Crippen LogP contribution in [0.1, 0.15) is 27.7 Å². The molecule has 0 amide bonds. The van der Waals surface area contributed by atoms with E-state index in [0.29, 0.717) is 6.44 Å². The fourth-order valence-electron chi connectivity index (χ4n) is 2.06. The molecular weight excluding hydrogens is 244 g/mol. The lowest BCUT2D eigenvalue weighted by atomic mass is 9.89. The highest BCUT2D eigenvalue weighted by molar-refractivity contribution is 6.46. The SMILES string of the molecule is CN(CB1OC(C)(C)C(C)(C)O1)c1ccc(F)cc1. The third-order valence-corrected chi connectivity index (χ3v) is 3.99. The molecule has 0 radical (unpaired) electrons. The molecule has 0 saturated carbocycles. The van der Waals surface area contributed by atoms with Crippen molar-refractivity contribution in [1.82, 2.24) is 0 Å². The van der Waals surface area contributed by atoms with Crippen LogP contribution in [0.25, 0.3) is 0 Å². The molecule has 1 aromatic rings. The van der Waals surface area contributed by atoms with Crippen molar-refractivity contribution in [2.45, 2.75) is 38.9 Å². The zero-order chi connectivity index (χ0) is 14.3. The van der Waals surface area contributed by atoms with Crippen molar-refractivity contribution in [1.29, 1.82) is 0 Å². The molecular formula is C14H21BFNO2. The maximum Gasteiger partial charge on any atom is 0.478 e. The molecule has 0 aromatic heterocycles. The molecule has 1 aliphatic heterocycles. The van der Waals surface area contributed by atoms with Crippen LogP contribution < -0.4 is 4.90 Å². The minimum absolute atomic E-state index is 0.229. The van der Waals surface area contributed by atoms with Crippen LogP contribution in [0.4, 0.5) is 10.1 Å². The standard InChI is InChI=1S/C14H21BFNO2/c1-13(2)14(3,4)19-15(18-13)10-17(5)12-8-6-11(16)7-9-12/h6-9H,10H2,1-5H3. The minimum atomic E-state index is -0.318. The first-order valence-electron chi connectivity index (χ1n) is 6.54. The maximum absolute atomic E-state index is 12.9. The Balaban J connectivity index is 2.01. The largest absolute Gasteiger partial charge is 0.478 e. The van der Waals surface area contributed by atoms with Gasteiger partial charge < -0.3 is 14.2 Å². The second kappa shape index (κ2) is 4.80. The second-order valence-corrected chi connectivity index (χ2v) is 6.04. The molecule has 104 valence electrons. The monoisotopic (exact) mass is 265 g/mol.